The number of likely N-dealkylation sites (tertiary alicyclic amines) is 1. The van der Waals surface area contributed by atoms with Gasteiger partial charge < -0.3 is 10.2 Å². The second kappa shape index (κ2) is 2.46. The average molecular weight is 166 g/mol. The summed E-state index contributed by atoms with van der Waals surface area (Å²) < 4.78 is 0. The molecule has 3 fully saturated rings. The lowest BCUT2D eigenvalue weighted by Gasteiger charge is -2.38. The molecule has 3 aliphatic rings. The third kappa shape index (κ3) is 1.01. The standard InChI is InChI=1S/C10H18N2/c1-6-12(7-1)8-10-4-2-9(11-10)3-5-10/h9,11H,1-8H2. The van der Waals surface area contributed by atoms with Gasteiger partial charge in [0, 0.05) is 18.1 Å². The average Bonchev–Trinajstić information content (AvgIpc) is 2.56. The molecule has 0 saturated carbocycles. The molecule has 3 saturated heterocycles. The normalized spacial score (nSPS) is 46.5. The highest BCUT2D eigenvalue weighted by molar-refractivity contribution is 5.06. The Hall–Kier alpha value is -0.0800. The van der Waals surface area contributed by atoms with Crippen LogP contribution in [0.5, 0.6) is 0 Å². The molecule has 0 radical (unpaired) electrons. The van der Waals surface area contributed by atoms with E-state index in [0.717, 1.165) is 6.04 Å². The van der Waals surface area contributed by atoms with E-state index in [2.05, 4.69) is 10.2 Å². The van der Waals surface area contributed by atoms with E-state index in [1.54, 1.807) is 0 Å². The van der Waals surface area contributed by atoms with Gasteiger partial charge in [-0.2, -0.15) is 0 Å². The molecule has 3 heterocycles. The monoisotopic (exact) mass is 166 g/mol. The lowest BCUT2D eigenvalue weighted by atomic mass is 9.87. The SMILES string of the molecule is C1CN(CC23CCC(CC2)N3)C1. The third-order valence-corrected chi connectivity index (χ3v) is 3.93. The van der Waals surface area contributed by atoms with Crippen molar-refractivity contribution in [2.45, 2.75) is 43.7 Å². The molecule has 0 unspecified atom stereocenters. The lowest BCUT2D eigenvalue weighted by Crippen LogP contribution is -2.51. The number of hydrogen-bond acceptors (Lipinski definition) is 2. The minimum Gasteiger partial charge on any atom is -0.307 e. The number of hydrogen-bond donors (Lipinski definition) is 1. The Balaban J connectivity index is 1.65. The van der Waals surface area contributed by atoms with Crippen LogP contribution in [0.1, 0.15) is 32.1 Å². The highest BCUT2D eigenvalue weighted by Gasteiger charge is 2.45. The highest BCUT2D eigenvalue weighted by Crippen LogP contribution is 2.38. The van der Waals surface area contributed by atoms with Gasteiger partial charge in [-0.05, 0) is 45.2 Å². The lowest BCUT2D eigenvalue weighted by molar-refractivity contribution is 0.130. The fourth-order valence-electron chi connectivity index (χ4n) is 3.06. The quantitative estimate of drug-likeness (QED) is 0.658. The van der Waals surface area contributed by atoms with Crippen molar-refractivity contribution in [2.75, 3.05) is 19.6 Å². The maximum atomic E-state index is 3.80. The number of nitrogens with zero attached hydrogens (tertiary/aromatic N) is 1. The predicted molar refractivity (Wildman–Crippen MR) is 49.2 cm³/mol. The minimum atomic E-state index is 0.561. The maximum absolute atomic E-state index is 3.80. The minimum absolute atomic E-state index is 0.561. The van der Waals surface area contributed by atoms with Crippen LogP contribution in [-0.4, -0.2) is 36.1 Å². The second-order valence-electron chi connectivity index (χ2n) is 4.83. The Bertz CT molecular complexity index is 178. The van der Waals surface area contributed by atoms with Crippen LogP contribution in [0.15, 0.2) is 0 Å². The molecule has 0 spiro atoms. The smallest absolute Gasteiger partial charge is 0.0312 e. The first-order valence-corrected chi connectivity index (χ1v) is 5.36. The fraction of sp³-hybridized carbons (Fsp3) is 1.00. The summed E-state index contributed by atoms with van der Waals surface area (Å²) >= 11 is 0. The molecule has 0 aromatic carbocycles. The van der Waals surface area contributed by atoms with E-state index in [-0.39, 0.29) is 0 Å². The van der Waals surface area contributed by atoms with Crippen LogP contribution in [0.4, 0.5) is 0 Å². The van der Waals surface area contributed by atoms with Gasteiger partial charge in [0.1, 0.15) is 0 Å². The Morgan fingerprint density at radius 3 is 2.42 bits per heavy atom. The zero-order valence-corrected chi connectivity index (χ0v) is 7.68. The maximum Gasteiger partial charge on any atom is 0.0312 e. The molecule has 3 rings (SSSR count). The van der Waals surface area contributed by atoms with E-state index in [1.807, 2.05) is 0 Å². The summed E-state index contributed by atoms with van der Waals surface area (Å²) in [7, 11) is 0. The van der Waals surface area contributed by atoms with Gasteiger partial charge in [-0.1, -0.05) is 0 Å². The van der Waals surface area contributed by atoms with Crippen molar-refractivity contribution >= 4 is 0 Å². The van der Waals surface area contributed by atoms with Crippen molar-refractivity contribution in [3.05, 3.63) is 0 Å². The summed E-state index contributed by atoms with van der Waals surface area (Å²) in [4.78, 5) is 2.61. The largest absolute Gasteiger partial charge is 0.307 e. The Kier molecular flexibility index (Phi) is 1.50. The summed E-state index contributed by atoms with van der Waals surface area (Å²) in [5.74, 6) is 0. The highest BCUT2D eigenvalue weighted by atomic mass is 15.2. The first-order valence-electron chi connectivity index (χ1n) is 5.36. The summed E-state index contributed by atoms with van der Waals surface area (Å²) in [5, 5.41) is 3.80. The molecular weight excluding hydrogens is 148 g/mol. The van der Waals surface area contributed by atoms with Crippen molar-refractivity contribution in [1.82, 2.24) is 10.2 Å². The molecule has 0 aromatic heterocycles. The second-order valence-corrected chi connectivity index (χ2v) is 4.83. The van der Waals surface area contributed by atoms with Crippen molar-refractivity contribution in [1.29, 1.82) is 0 Å². The molecule has 0 amide bonds. The van der Waals surface area contributed by atoms with Crippen molar-refractivity contribution in [3.8, 4) is 0 Å². The summed E-state index contributed by atoms with van der Waals surface area (Å²) in [5.41, 5.74) is 0.561. The van der Waals surface area contributed by atoms with Gasteiger partial charge in [0.25, 0.3) is 0 Å². The van der Waals surface area contributed by atoms with Crippen LogP contribution in [0.3, 0.4) is 0 Å². The molecule has 0 aliphatic carbocycles. The molecule has 0 aromatic rings. The molecule has 3 aliphatic heterocycles. The zero-order chi connectivity index (χ0) is 8.02. The van der Waals surface area contributed by atoms with E-state index in [0.29, 0.717) is 5.54 Å². The van der Waals surface area contributed by atoms with E-state index >= 15 is 0 Å². The third-order valence-electron chi connectivity index (χ3n) is 3.93. The molecule has 12 heavy (non-hydrogen) atoms. The molecule has 2 nitrogen and oxygen atoms in total. The molecule has 2 heteroatoms. The van der Waals surface area contributed by atoms with Gasteiger partial charge in [0.15, 0.2) is 0 Å². The summed E-state index contributed by atoms with van der Waals surface area (Å²) in [6.45, 7) is 4.05. The van der Waals surface area contributed by atoms with Crippen molar-refractivity contribution < 1.29 is 0 Å². The van der Waals surface area contributed by atoms with Crippen LogP contribution in [0, 0.1) is 0 Å². The van der Waals surface area contributed by atoms with E-state index in [9.17, 15) is 0 Å². The Morgan fingerprint density at radius 1 is 1.25 bits per heavy atom. The Labute approximate surface area is 74.3 Å². The van der Waals surface area contributed by atoms with Crippen molar-refractivity contribution in [3.63, 3.8) is 0 Å². The van der Waals surface area contributed by atoms with Crippen LogP contribution in [0.25, 0.3) is 0 Å². The zero-order valence-electron chi connectivity index (χ0n) is 7.68. The number of fused-ring (bicyclic) bond motifs is 2. The van der Waals surface area contributed by atoms with Crippen molar-refractivity contribution in [2.24, 2.45) is 0 Å². The van der Waals surface area contributed by atoms with Gasteiger partial charge in [-0.3, -0.25) is 0 Å². The van der Waals surface area contributed by atoms with E-state index < -0.39 is 0 Å². The molecule has 2 bridgehead atoms. The topological polar surface area (TPSA) is 15.3 Å². The molecular formula is C10H18N2. The van der Waals surface area contributed by atoms with E-state index in [1.165, 1.54) is 51.7 Å². The summed E-state index contributed by atoms with van der Waals surface area (Å²) in [6.07, 6.45) is 7.18. The van der Waals surface area contributed by atoms with Gasteiger partial charge in [-0.15, -0.1) is 0 Å². The molecule has 0 atom stereocenters. The van der Waals surface area contributed by atoms with E-state index in [4.69, 9.17) is 0 Å². The first kappa shape index (κ1) is 7.34. The van der Waals surface area contributed by atoms with Crippen LogP contribution in [-0.2, 0) is 0 Å². The van der Waals surface area contributed by atoms with Gasteiger partial charge in [-0.25, -0.2) is 0 Å². The Morgan fingerprint density at radius 2 is 2.00 bits per heavy atom. The van der Waals surface area contributed by atoms with Crippen LogP contribution in [0.2, 0.25) is 0 Å². The van der Waals surface area contributed by atoms with Gasteiger partial charge in [0.05, 0.1) is 0 Å². The molecule has 68 valence electrons. The number of rotatable bonds is 2. The fourth-order valence-corrected chi connectivity index (χ4v) is 3.06. The molecule has 1 N–H and O–H groups in total. The first-order chi connectivity index (χ1) is 5.86. The van der Waals surface area contributed by atoms with Crippen LogP contribution < -0.4 is 5.32 Å². The summed E-state index contributed by atoms with van der Waals surface area (Å²) in [6, 6.07) is 0.881. The number of nitrogens with one attached hydrogen (secondary N) is 1. The van der Waals surface area contributed by atoms with Crippen LogP contribution >= 0.6 is 0 Å². The predicted octanol–water partition coefficient (Wildman–Crippen LogP) is 0.977. The van der Waals surface area contributed by atoms with Gasteiger partial charge >= 0.3 is 0 Å². The van der Waals surface area contributed by atoms with Gasteiger partial charge in [0.2, 0.25) is 0 Å².